The van der Waals surface area contributed by atoms with Crippen LogP contribution in [0.3, 0.4) is 0 Å². The molecule has 90 valence electrons. The Kier molecular flexibility index (Phi) is 5.95. The van der Waals surface area contributed by atoms with Crippen LogP contribution in [0.25, 0.3) is 0 Å². The summed E-state index contributed by atoms with van der Waals surface area (Å²) in [5, 5.41) is 6.86. The van der Waals surface area contributed by atoms with E-state index in [0.717, 1.165) is 17.6 Å². The van der Waals surface area contributed by atoms with Crippen molar-refractivity contribution in [1.29, 1.82) is 0 Å². The van der Waals surface area contributed by atoms with Crippen LogP contribution in [0.4, 0.5) is 0 Å². The molecule has 0 aromatic carbocycles. The highest BCUT2D eigenvalue weighted by molar-refractivity contribution is 9.10. The van der Waals surface area contributed by atoms with E-state index in [-0.39, 0.29) is 0 Å². The van der Waals surface area contributed by atoms with Crippen molar-refractivity contribution in [2.75, 3.05) is 6.54 Å². The minimum absolute atomic E-state index is 0.460. The van der Waals surface area contributed by atoms with Crippen molar-refractivity contribution in [1.82, 2.24) is 15.6 Å². The van der Waals surface area contributed by atoms with Crippen molar-refractivity contribution < 1.29 is 0 Å². The van der Waals surface area contributed by atoms with Crippen LogP contribution in [0.5, 0.6) is 0 Å². The molecule has 16 heavy (non-hydrogen) atoms. The predicted molar refractivity (Wildman–Crippen MR) is 71.4 cm³/mol. The molecule has 1 aromatic heterocycles. The second-order valence-corrected chi connectivity index (χ2v) is 5.27. The van der Waals surface area contributed by atoms with Crippen LogP contribution in [0.1, 0.15) is 26.3 Å². The summed E-state index contributed by atoms with van der Waals surface area (Å²) in [6.45, 7) is 8.34. The molecule has 0 aliphatic carbocycles. The minimum Gasteiger partial charge on any atom is -0.313 e. The molecule has 0 bridgehead atoms. The smallest absolute Gasteiger partial charge is 0.0410 e. The molecule has 1 rings (SSSR count). The molecule has 0 amide bonds. The largest absolute Gasteiger partial charge is 0.313 e. The fourth-order valence-corrected chi connectivity index (χ4v) is 1.74. The third kappa shape index (κ3) is 5.58. The van der Waals surface area contributed by atoms with E-state index in [1.165, 1.54) is 5.56 Å². The highest BCUT2D eigenvalue weighted by Gasteiger charge is 2.02. The molecule has 0 saturated heterocycles. The lowest BCUT2D eigenvalue weighted by molar-refractivity contribution is 0.473. The monoisotopic (exact) mass is 285 g/mol. The van der Waals surface area contributed by atoms with E-state index in [2.05, 4.69) is 58.4 Å². The van der Waals surface area contributed by atoms with Gasteiger partial charge in [0.2, 0.25) is 0 Å². The maximum atomic E-state index is 4.13. The maximum absolute atomic E-state index is 4.13. The normalized spacial score (nSPS) is 13.1. The van der Waals surface area contributed by atoms with E-state index in [1.54, 1.807) is 6.20 Å². The Labute approximate surface area is 106 Å². The van der Waals surface area contributed by atoms with Crippen molar-refractivity contribution in [3.63, 3.8) is 0 Å². The molecular weight excluding hydrogens is 266 g/mol. The molecule has 1 heterocycles. The van der Waals surface area contributed by atoms with Gasteiger partial charge in [0.25, 0.3) is 0 Å². The van der Waals surface area contributed by atoms with Crippen LogP contribution in [-0.4, -0.2) is 23.6 Å². The first kappa shape index (κ1) is 13.6. The summed E-state index contributed by atoms with van der Waals surface area (Å²) in [7, 11) is 0. The molecule has 0 fully saturated rings. The molecule has 4 heteroatoms. The highest BCUT2D eigenvalue weighted by atomic mass is 79.9. The van der Waals surface area contributed by atoms with Crippen molar-refractivity contribution in [3.05, 3.63) is 28.5 Å². The Bertz CT molecular complexity index is 315. The molecule has 0 radical (unpaired) electrons. The van der Waals surface area contributed by atoms with Crippen molar-refractivity contribution in [2.45, 2.75) is 39.4 Å². The Morgan fingerprint density at radius 1 is 1.25 bits per heavy atom. The van der Waals surface area contributed by atoms with Gasteiger partial charge in [-0.2, -0.15) is 0 Å². The zero-order chi connectivity index (χ0) is 12.0. The molecule has 1 unspecified atom stereocenters. The van der Waals surface area contributed by atoms with Crippen LogP contribution in [-0.2, 0) is 6.54 Å². The minimum atomic E-state index is 0.460. The average Bonchev–Trinajstić information content (AvgIpc) is 2.23. The van der Waals surface area contributed by atoms with E-state index in [9.17, 15) is 0 Å². The summed E-state index contributed by atoms with van der Waals surface area (Å²) in [6.07, 6.45) is 3.69. The van der Waals surface area contributed by atoms with E-state index in [4.69, 9.17) is 0 Å². The van der Waals surface area contributed by atoms with E-state index in [1.807, 2.05) is 6.20 Å². The lowest BCUT2D eigenvalue weighted by atomic mass is 10.2. The zero-order valence-electron chi connectivity index (χ0n) is 10.1. The topological polar surface area (TPSA) is 37.0 Å². The average molecular weight is 286 g/mol. The second-order valence-electron chi connectivity index (χ2n) is 4.36. The van der Waals surface area contributed by atoms with Gasteiger partial charge in [-0.3, -0.25) is 4.98 Å². The first-order valence-electron chi connectivity index (χ1n) is 5.64. The van der Waals surface area contributed by atoms with Gasteiger partial charge in [-0.05, 0) is 34.5 Å². The van der Waals surface area contributed by atoms with Gasteiger partial charge < -0.3 is 10.6 Å². The van der Waals surface area contributed by atoms with Gasteiger partial charge >= 0.3 is 0 Å². The van der Waals surface area contributed by atoms with E-state index < -0.39 is 0 Å². The fourth-order valence-electron chi connectivity index (χ4n) is 1.33. The third-order valence-corrected chi connectivity index (χ3v) is 2.68. The molecule has 0 saturated carbocycles. The van der Waals surface area contributed by atoms with E-state index >= 15 is 0 Å². The molecule has 1 aromatic rings. The molecule has 1 atom stereocenters. The number of halogens is 1. The lowest BCUT2D eigenvalue weighted by Crippen LogP contribution is -2.38. The van der Waals surface area contributed by atoms with Gasteiger partial charge in [-0.1, -0.05) is 13.8 Å². The van der Waals surface area contributed by atoms with Crippen LogP contribution in [0.15, 0.2) is 22.9 Å². The Morgan fingerprint density at radius 2 is 2.00 bits per heavy atom. The van der Waals surface area contributed by atoms with Gasteiger partial charge in [-0.15, -0.1) is 0 Å². The van der Waals surface area contributed by atoms with Crippen LogP contribution < -0.4 is 10.6 Å². The zero-order valence-corrected chi connectivity index (χ0v) is 11.7. The molecule has 0 aliphatic rings. The van der Waals surface area contributed by atoms with Crippen LogP contribution >= 0.6 is 15.9 Å². The first-order chi connectivity index (χ1) is 7.58. The number of nitrogens with one attached hydrogen (secondary N) is 2. The Morgan fingerprint density at radius 3 is 2.62 bits per heavy atom. The maximum Gasteiger partial charge on any atom is 0.0410 e. The summed E-state index contributed by atoms with van der Waals surface area (Å²) >= 11 is 3.42. The van der Waals surface area contributed by atoms with Crippen molar-refractivity contribution in [3.8, 4) is 0 Å². The van der Waals surface area contributed by atoms with Gasteiger partial charge in [0.05, 0.1) is 0 Å². The quantitative estimate of drug-likeness (QED) is 0.842. The van der Waals surface area contributed by atoms with Crippen molar-refractivity contribution in [2.24, 2.45) is 0 Å². The number of hydrogen-bond acceptors (Lipinski definition) is 3. The fraction of sp³-hybridized carbons (Fsp3) is 0.583. The molecule has 2 N–H and O–H groups in total. The standard InChI is InChI=1S/C12H20BrN3/c1-9(2)15-5-10(3)16-7-11-4-12(13)8-14-6-11/h4,6,8-10,15-16H,5,7H2,1-3H3. The molecule has 0 aliphatic heterocycles. The highest BCUT2D eigenvalue weighted by Crippen LogP contribution is 2.09. The summed E-state index contributed by atoms with van der Waals surface area (Å²) in [4.78, 5) is 4.13. The third-order valence-electron chi connectivity index (χ3n) is 2.25. The summed E-state index contributed by atoms with van der Waals surface area (Å²) in [5.74, 6) is 0. The Balaban J connectivity index is 2.28. The lowest BCUT2D eigenvalue weighted by Gasteiger charge is -2.16. The van der Waals surface area contributed by atoms with Gasteiger partial charge in [0.1, 0.15) is 0 Å². The number of aromatic nitrogens is 1. The van der Waals surface area contributed by atoms with Gasteiger partial charge in [0, 0.05) is 42.0 Å². The second kappa shape index (κ2) is 6.99. The van der Waals surface area contributed by atoms with Crippen molar-refractivity contribution >= 4 is 15.9 Å². The summed E-state index contributed by atoms with van der Waals surface area (Å²) < 4.78 is 1.03. The molecular formula is C12H20BrN3. The van der Waals surface area contributed by atoms with Crippen LogP contribution in [0, 0.1) is 0 Å². The number of pyridine rings is 1. The number of rotatable bonds is 6. The predicted octanol–water partition coefficient (Wildman–Crippen LogP) is 2.32. The number of nitrogens with zero attached hydrogens (tertiary/aromatic N) is 1. The number of hydrogen-bond donors (Lipinski definition) is 2. The SMILES string of the molecule is CC(C)NCC(C)NCc1cncc(Br)c1. The summed E-state index contributed by atoms with van der Waals surface area (Å²) in [5.41, 5.74) is 1.20. The van der Waals surface area contributed by atoms with Crippen LogP contribution in [0.2, 0.25) is 0 Å². The summed E-state index contributed by atoms with van der Waals surface area (Å²) in [6, 6.07) is 3.08. The van der Waals surface area contributed by atoms with E-state index in [0.29, 0.717) is 12.1 Å². The van der Waals surface area contributed by atoms with Gasteiger partial charge in [0.15, 0.2) is 0 Å². The molecule has 0 spiro atoms. The Hall–Kier alpha value is -0.450. The first-order valence-corrected chi connectivity index (χ1v) is 6.43. The molecule has 3 nitrogen and oxygen atoms in total. The van der Waals surface area contributed by atoms with Gasteiger partial charge in [-0.25, -0.2) is 0 Å².